The molecule has 2 N–H and O–H groups in total. The van der Waals surface area contributed by atoms with Crippen molar-refractivity contribution in [3.8, 4) is 11.1 Å². The van der Waals surface area contributed by atoms with Crippen LogP contribution in [0.3, 0.4) is 0 Å². The number of fused-ring (bicyclic) bond motifs is 1. The zero-order valence-corrected chi connectivity index (χ0v) is 31.7. The molecule has 280 valence electrons. The quantitative estimate of drug-likeness (QED) is 0.0554. The second kappa shape index (κ2) is 19.2. The zero-order valence-electron chi connectivity index (χ0n) is 31.7. The Bertz CT molecular complexity index is 2230. The second-order valence-electron chi connectivity index (χ2n) is 13.8. The molecule has 0 aromatic heterocycles. The molecule has 0 aliphatic rings. The van der Waals surface area contributed by atoms with E-state index in [-0.39, 0.29) is 30.8 Å². The highest BCUT2D eigenvalue weighted by Crippen LogP contribution is 2.35. The summed E-state index contributed by atoms with van der Waals surface area (Å²) < 4.78 is 5.67. The third kappa shape index (κ3) is 10.5. The Morgan fingerprint density at radius 1 is 0.655 bits per heavy atom. The molecule has 7 nitrogen and oxygen atoms in total. The van der Waals surface area contributed by atoms with Gasteiger partial charge in [0.2, 0.25) is 0 Å². The van der Waals surface area contributed by atoms with Gasteiger partial charge >= 0.3 is 12.0 Å². The van der Waals surface area contributed by atoms with Crippen molar-refractivity contribution >= 4 is 45.6 Å². The SMILES string of the molecule is CCCCCCCNC(=O)N(C)c1cccc(-c2ccc(CCC(=O)OCc3ccc4ccccc4c3)cc2Nc2ccccc2C(=O)c2ccccc2)c1. The maximum Gasteiger partial charge on any atom is 0.321 e. The predicted octanol–water partition coefficient (Wildman–Crippen LogP) is 11.3. The smallest absolute Gasteiger partial charge is 0.321 e. The van der Waals surface area contributed by atoms with E-state index in [4.69, 9.17) is 4.74 Å². The van der Waals surface area contributed by atoms with Crippen molar-refractivity contribution in [3.05, 3.63) is 162 Å². The fourth-order valence-corrected chi connectivity index (χ4v) is 6.64. The maximum absolute atomic E-state index is 13.7. The van der Waals surface area contributed by atoms with Gasteiger partial charge in [0.05, 0.1) is 0 Å². The molecule has 0 unspecified atom stereocenters. The molecule has 0 saturated heterocycles. The number of nitrogens with one attached hydrogen (secondary N) is 2. The van der Waals surface area contributed by atoms with Crippen molar-refractivity contribution in [1.82, 2.24) is 5.32 Å². The third-order valence-corrected chi connectivity index (χ3v) is 9.80. The maximum atomic E-state index is 13.7. The number of hydrogen-bond acceptors (Lipinski definition) is 5. The van der Waals surface area contributed by atoms with Crippen LogP contribution in [0.2, 0.25) is 0 Å². The molecule has 7 heteroatoms. The Morgan fingerprint density at radius 3 is 2.24 bits per heavy atom. The molecule has 0 aliphatic carbocycles. The number of esters is 1. The first-order valence-corrected chi connectivity index (χ1v) is 19.2. The average molecular weight is 732 g/mol. The molecule has 6 aromatic carbocycles. The molecule has 0 heterocycles. The van der Waals surface area contributed by atoms with E-state index in [0.29, 0.717) is 29.8 Å². The van der Waals surface area contributed by atoms with E-state index in [2.05, 4.69) is 35.8 Å². The fraction of sp³-hybridized carbons (Fsp3) is 0.229. The molecule has 0 fully saturated rings. The van der Waals surface area contributed by atoms with E-state index in [1.807, 2.05) is 121 Å². The standard InChI is InChI=1S/C48H49N3O4/c1-3-4-5-6-14-30-49-48(54)51(2)41-21-15-20-40(33-41)42-28-25-35(26-29-46(52)55-34-36-24-27-37-16-10-11-19-39(37)31-36)32-45(42)50-44-23-13-12-22-43(44)47(53)38-17-8-7-9-18-38/h7-13,15-25,27-28,31-33,50H,3-6,14,26,29-30,34H2,1-2H3,(H,49,54). The zero-order chi connectivity index (χ0) is 38.4. The first-order chi connectivity index (χ1) is 26.9. The highest BCUT2D eigenvalue weighted by atomic mass is 16.5. The van der Waals surface area contributed by atoms with Gasteiger partial charge in [0.15, 0.2) is 5.78 Å². The van der Waals surface area contributed by atoms with Gasteiger partial charge in [0.1, 0.15) is 6.61 Å². The number of anilines is 3. The fourth-order valence-electron chi connectivity index (χ4n) is 6.64. The molecule has 0 radical (unpaired) electrons. The summed E-state index contributed by atoms with van der Waals surface area (Å²) in [6.07, 6.45) is 6.32. The minimum atomic E-state index is -0.277. The van der Waals surface area contributed by atoms with Gasteiger partial charge in [0.25, 0.3) is 0 Å². The van der Waals surface area contributed by atoms with Crippen LogP contribution in [0, 0.1) is 0 Å². The summed E-state index contributed by atoms with van der Waals surface area (Å²) in [6.45, 7) is 3.04. The normalized spacial score (nSPS) is 10.9. The Kier molecular flexibility index (Phi) is 13.5. The summed E-state index contributed by atoms with van der Waals surface area (Å²) in [7, 11) is 1.78. The van der Waals surface area contributed by atoms with Crippen LogP contribution in [0.5, 0.6) is 0 Å². The van der Waals surface area contributed by atoms with Crippen molar-refractivity contribution in [3.63, 3.8) is 0 Å². The number of unbranched alkanes of at least 4 members (excludes halogenated alkanes) is 4. The van der Waals surface area contributed by atoms with Gasteiger partial charge in [-0.2, -0.15) is 0 Å². The van der Waals surface area contributed by atoms with Crippen molar-refractivity contribution in [2.24, 2.45) is 0 Å². The van der Waals surface area contributed by atoms with Gasteiger partial charge in [-0.15, -0.1) is 0 Å². The first kappa shape index (κ1) is 38.5. The summed E-state index contributed by atoms with van der Waals surface area (Å²) in [5.41, 5.74) is 6.99. The van der Waals surface area contributed by atoms with Crippen LogP contribution in [0.25, 0.3) is 21.9 Å². The molecule has 0 saturated carbocycles. The number of urea groups is 1. The van der Waals surface area contributed by atoms with Crippen LogP contribution in [0.15, 0.2) is 140 Å². The lowest BCUT2D eigenvalue weighted by molar-refractivity contribution is -0.144. The van der Waals surface area contributed by atoms with Gasteiger partial charge in [-0.1, -0.05) is 136 Å². The van der Waals surface area contributed by atoms with E-state index >= 15 is 0 Å². The first-order valence-electron chi connectivity index (χ1n) is 19.2. The van der Waals surface area contributed by atoms with Crippen LogP contribution in [0.4, 0.5) is 21.9 Å². The number of rotatable bonds is 17. The highest BCUT2D eigenvalue weighted by Gasteiger charge is 2.17. The van der Waals surface area contributed by atoms with Crippen LogP contribution < -0.4 is 15.5 Å². The van der Waals surface area contributed by atoms with Crippen molar-refractivity contribution in [2.75, 3.05) is 23.8 Å². The van der Waals surface area contributed by atoms with Crippen molar-refractivity contribution < 1.29 is 19.1 Å². The molecule has 0 spiro atoms. The molecule has 55 heavy (non-hydrogen) atoms. The average Bonchev–Trinajstić information content (AvgIpc) is 3.23. The summed E-state index contributed by atoms with van der Waals surface area (Å²) in [5.74, 6) is -0.365. The van der Waals surface area contributed by atoms with Gasteiger partial charge < -0.3 is 15.4 Å². The van der Waals surface area contributed by atoms with Crippen LogP contribution in [0.1, 0.15) is 72.5 Å². The van der Waals surface area contributed by atoms with Crippen LogP contribution >= 0.6 is 0 Å². The topological polar surface area (TPSA) is 87.7 Å². The van der Waals surface area contributed by atoms with E-state index < -0.39 is 0 Å². The van der Waals surface area contributed by atoms with Gasteiger partial charge in [-0.25, -0.2) is 4.79 Å². The molecule has 6 aromatic rings. The molecule has 0 atom stereocenters. The van der Waals surface area contributed by atoms with Crippen LogP contribution in [-0.2, 0) is 22.6 Å². The molecule has 6 rings (SSSR count). The minimum absolute atomic E-state index is 0.0874. The van der Waals surface area contributed by atoms with Gasteiger partial charge in [-0.05, 0) is 76.7 Å². The summed E-state index contributed by atoms with van der Waals surface area (Å²) in [5, 5.41) is 8.87. The van der Waals surface area contributed by atoms with E-state index in [9.17, 15) is 14.4 Å². The Morgan fingerprint density at radius 2 is 1.40 bits per heavy atom. The lowest BCUT2D eigenvalue weighted by atomic mass is 9.97. The number of ketones is 1. The molecule has 0 aliphatic heterocycles. The molecular weight excluding hydrogens is 683 g/mol. The summed E-state index contributed by atoms with van der Waals surface area (Å²) in [6, 6.07) is 44.7. The highest BCUT2D eigenvalue weighted by molar-refractivity contribution is 6.12. The predicted molar refractivity (Wildman–Crippen MR) is 224 cm³/mol. The number of aryl methyl sites for hydroxylation is 1. The minimum Gasteiger partial charge on any atom is -0.461 e. The number of amides is 2. The molecule has 0 bridgehead atoms. The lowest BCUT2D eigenvalue weighted by Gasteiger charge is -2.20. The Labute approximate surface area is 324 Å². The number of ether oxygens (including phenoxy) is 1. The largest absolute Gasteiger partial charge is 0.461 e. The Balaban J connectivity index is 1.21. The van der Waals surface area contributed by atoms with Crippen molar-refractivity contribution in [2.45, 2.75) is 58.5 Å². The monoisotopic (exact) mass is 731 g/mol. The number of carbonyl (C=O) groups is 3. The number of nitrogens with zero attached hydrogens (tertiary/aromatic N) is 1. The van der Waals surface area contributed by atoms with Gasteiger partial charge in [-0.3, -0.25) is 14.5 Å². The van der Waals surface area contributed by atoms with Crippen molar-refractivity contribution in [1.29, 1.82) is 0 Å². The second-order valence-corrected chi connectivity index (χ2v) is 13.8. The number of carbonyl (C=O) groups excluding carboxylic acids is 3. The van der Waals surface area contributed by atoms with Gasteiger partial charge in [0, 0.05) is 53.8 Å². The molecular formula is C48H49N3O4. The third-order valence-electron chi connectivity index (χ3n) is 9.80. The number of para-hydroxylation sites is 1. The van der Waals surface area contributed by atoms with Crippen LogP contribution in [-0.4, -0.2) is 31.4 Å². The Hall–Kier alpha value is -6.21. The summed E-state index contributed by atoms with van der Waals surface area (Å²) in [4.78, 5) is 41.3. The van der Waals surface area contributed by atoms with E-state index in [1.165, 1.54) is 19.3 Å². The number of benzene rings is 6. The number of hydrogen-bond donors (Lipinski definition) is 2. The summed E-state index contributed by atoms with van der Waals surface area (Å²) >= 11 is 0. The molecule has 2 amide bonds. The lowest BCUT2D eigenvalue weighted by Crippen LogP contribution is -2.37. The van der Waals surface area contributed by atoms with E-state index in [0.717, 1.165) is 57.2 Å². The van der Waals surface area contributed by atoms with E-state index in [1.54, 1.807) is 11.9 Å².